The van der Waals surface area contributed by atoms with Crippen molar-refractivity contribution in [2.24, 2.45) is 5.92 Å². The van der Waals surface area contributed by atoms with E-state index in [9.17, 15) is 9.59 Å². The first-order valence-electron chi connectivity index (χ1n) is 5.50. The van der Waals surface area contributed by atoms with Gasteiger partial charge in [0.15, 0.2) is 0 Å². The number of carbonyl (C=O) groups excluding carboxylic acids is 1. The van der Waals surface area contributed by atoms with E-state index >= 15 is 0 Å². The molecule has 0 spiro atoms. The van der Waals surface area contributed by atoms with Crippen molar-refractivity contribution in [1.82, 2.24) is 5.32 Å². The number of nitrogens with one attached hydrogen (secondary N) is 1. The van der Waals surface area contributed by atoms with E-state index in [1.165, 1.54) is 6.08 Å². The summed E-state index contributed by atoms with van der Waals surface area (Å²) in [5, 5.41) is 11.4. The highest BCUT2D eigenvalue weighted by Crippen LogP contribution is 2.19. The maximum absolute atomic E-state index is 11.3. The number of alkyl carbamates (subject to hydrolysis) is 1. The van der Waals surface area contributed by atoms with E-state index < -0.39 is 18.1 Å². The van der Waals surface area contributed by atoms with Gasteiger partial charge in [0.05, 0.1) is 0 Å². The molecule has 1 aliphatic rings. The summed E-state index contributed by atoms with van der Waals surface area (Å²) in [4.78, 5) is 22.4. The summed E-state index contributed by atoms with van der Waals surface area (Å²) in [6.07, 6.45) is 1.94. The van der Waals surface area contributed by atoms with Crippen LogP contribution in [0.3, 0.4) is 0 Å². The predicted octanol–water partition coefficient (Wildman–Crippen LogP) is 0.778. The van der Waals surface area contributed by atoms with Crippen LogP contribution in [-0.4, -0.2) is 43.0 Å². The van der Waals surface area contributed by atoms with Crippen LogP contribution in [0.5, 0.6) is 0 Å². The zero-order chi connectivity index (χ0) is 12.7. The molecule has 0 aromatic heterocycles. The maximum atomic E-state index is 11.3. The average molecular weight is 243 g/mol. The Labute approximate surface area is 99.6 Å². The zero-order valence-electron chi connectivity index (χ0n) is 9.55. The number of ether oxygens (including phenoxy) is 2. The molecule has 0 aromatic rings. The van der Waals surface area contributed by atoms with Crippen LogP contribution in [-0.2, 0) is 14.3 Å². The van der Waals surface area contributed by atoms with E-state index in [4.69, 9.17) is 14.6 Å². The molecule has 6 heteroatoms. The number of carboxylic acid groups (broad SMARTS) is 1. The Hall–Kier alpha value is -1.56. The maximum Gasteiger partial charge on any atom is 0.408 e. The molecule has 0 saturated carbocycles. The van der Waals surface area contributed by atoms with Gasteiger partial charge < -0.3 is 19.9 Å². The summed E-state index contributed by atoms with van der Waals surface area (Å²) in [7, 11) is 0. The normalized spacial score (nSPS) is 18.1. The minimum atomic E-state index is -1.05. The minimum absolute atomic E-state index is 0.0615. The number of aliphatic carboxylic acids is 1. The fourth-order valence-electron chi connectivity index (χ4n) is 1.73. The lowest BCUT2D eigenvalue weighted by Crippen LogP contribution is -2.47. The Kier molecular flexibility index (Phi) is 5.48. The number of hydrogen-bond donors (Lipinski definition) is 2. The third-order valence-corrected chi connectivity index (χ3v) is 2.61. The SMILES string of the molecule is C=CCOC(=O)NC(C(=O)O)C1CCOCC1. The molecule has 1 heterocycles. The first kappa shape index (κ1) is 13.5. The van der Waals surface area contributed by atoms with E-state index in [-0.39, 0.29) is 12.5 Å². The molecule has 1 aliphatic heterocycles. The predicted molar refractivity (Wildman–Crippen MR) is 59.6 cm³/mol. The molecule has 2 N–H and O–H groups in total. The molecule has 0 bridgehead atoms. The van der Waals surface area contributed by atoms with Crippen molar-refractivity contribution in [3.63, 3.8) is 0 Å². The first-order valence-corrected chi connectivity index (χ1v) is 5.50. The van der Waals surface area contributed by atoms with Crippen LogP contribution >= 0.6 is 0 Å². The summed E-state index contributed by atoms with van der Waals surface area (Å²) in [5.74, 6) is -1.16. The van der Waals surface area contributed by atoms with Crippen molar-refractivity contribution in [2.45, 2.75) is 18.9 Å². The molecule has 1 unspecified atom stereocenters. The van der Waals surface area contributed by atoms with Crippen LogP contribution in [0.2, 0.25) is 0 Å². The molecule has 96 valence electrons. The minimum Gasteiger partial charge on any atom is -0.480 e. The molecule has 1 atom stereocenters. The molecule has 1 saturated heterocycles. The highest BCUT2D eigenvalue weighted by molar-refractivity contribution is 5.80. The highest BCUT2D eigenvalue weighted by Gasteiger charge is 2.31. The van der Waals surface area contributed by atoms with Crippen molar-refractivity contribution in [3.8, 4) is 0 Å². The Morgan fingerprint density at radius 2 is 2.18 bits per heavy atom. The number of carboxylic acids is 1. The third kappa shape index (κ3) is 4.44. The van der Waals surface area contributed by atoms with Crippen LogP contribution in [0, 0.1) is 5.92 Å². The highest BCUT2D eigenvalue weighted by atomic mass is 16.5. The Morgan fingerprint density at radius 1 is 1.53 bits per heavy atom. The molecule has 17 heavy (non-hydrogen) atoms. The van der Waals surface area contributed by atoms with E-state index in [1.54, 1.807) is 0 Å². The van der Waals surface area contributed by atoms with Crippen LogP contribution in [0.15, 0.2) is 12.7 Å². The molecule has 0 aromatic carbocycles. The van der Waals surface area contributed by atoms with Gasteiger partial charge in [-0.2, -0.15) is 0 Å². The van der Waals surface area contributed by atoms with Gasteiger partial charge in [0.2, 0.25) is 0 Å². The van der Waals surface area contributed by atoms with Gasteiger partial charge in [-0.3, -0.25) is 0 Å². The topological polar surface area (TPSA) is 84.9 Å². The van der Waals surface area contributed by atoms with Gasteiger partial charge in [0, 0.05) is 13.2 Å². The van der Waals surface area contributed by atoms with Crippen LogP contribution in [0.1, 0.15) is 12.8 Å². The van der Waals surface area contributed by atoms with E-state index in [1.807, 2.05) is 0 Å². The molecule has 0 aliphatic carbocycles. The second-order valence-corrected chi connectivity index (χ2v) is 3.80. The quantitative estimate of drug-likeness (QED) is 0.697. The molecule has 1 rings (SSSR count). The monoisotopic (exact) mass is 243 g/mol. The lowest BCUT2D eigenvalue weighted by molar-refractivity contribution is -0.141. The van der Waals surface area contributed by atoms with Gasteiger partial charge in [-0.25, -0.2) is 9.59 Å². The van der Waals surface area contributed by atoms with Gasteiger partial charge in [-0.05, 0) is 18.8 Å². The summed E-state index contributed by atoms with van der Waals surface area (Å²) < 4.78 is 9.85. The van der Waals surface area contributed by atoms with Crippen LogP contribution < -0.4 is 5.32 Å². The molecular weight excluding hydrogens is 226 g/mol. The van der Waals surface area contributed by atoms with Crippen molar-refractivity contribution < 1.29 is 24.2 Å². The Morgan fingerprint density at radius 3 is 2.71 bits per heavy atom. The summed E-state index contributed by atoms with van der Waals surface area (Å²) in [5.41, 5.74) is 0. The lowest BCUT2D eigenvalue weighted by atomic mass is 9.92. The van der Waals surface area contributed by atoms with Gasteiger partial charge in [0.1, 0.15) is 12.6 Å². The average Bonchev–Trinajstić information content (AvgIpc) is 2.34. The van der Waals surface area contributed by atoms with Crippen molar-refractivity contribution in [2.75, 3.05) is 19.8 Å². The van der Waals surface area contributed by atoms with Gasteiger partial charge in [-0.15, -0.1) is 0 Å². The third-order valence-electron chi connectivity index (χ3n) is 2.61. The Balaban J connectivity index is 2.50. The molecule has 1 amide bonds. The van der Waals surface area contributed by atoms with Gasteiger partial charge in [-0.1, -0.05) is 12.7 Å². The molecular formula is C11H17NO5. The van der Waals surface area contributed by atoms with Crippen molar-refractivity contribution >= 4 is 12.1 Å². The van der Waals surface area contributed by atoms with Gasteiger partial charge in [0.25, 0.3) is 0 Å². The van der Waals surface area contributed by atoms with Crippen molar-refractivity contribution in [3.05, 3.63) is 12.7 Å². The molecule has 0 radical (unpaired) electrons. The Bertz CT molecular complexity index is 286. The summed E-state index contributed by atoms with van der Waals surface area (Å²) >= 11 is 0. The smallest absolute Gasteiger partial charge is 0.408 e. The number of amides is 1. The molecule has 1 fully saturated rings. The number of rotatable bonds is 5. The fraction of sp³-hybridized carbons (Fsp3) is 0.636. The first-order chi connectivity index (χ1) is 8.15. The lowest BCUT2D eigenvalue weighted by Gasteiger charge is -2.27. The summed E-state index contributed by atoms with van der Waals surface area (Å²) in [6.45, 7) is 4.51. The fourth-order valence-corrected chi connectivity index (χ4v) is 1.73. The largest absolute Gasteiger partial charge is 0.480 e. The molecule has 6 nitrogen and oxygen atoms in total. The zero-order valence-corrected chi connectivity index (χ0v) is 9.55. The summed E-state index contributed by atoms with van der Waals surface area (Å²) in [6, 6.07) is -0.920. The second-order valence-electron chi connectivity index (χ2n) is 3.80. The van der Waals surface area contributed by atoms with Gasteiger partial charge >= 0.3 is 12.1 Å². The van der Waals surface area contributed by atoms with Crippen LogP contribution in [0.25, 0.3) is 0 Å². The number of hydrogen-bond acceptors (Lipinski definition) is 4. The number of carbonyl (C=O) groups is 2. The van der Waals surface area contributed by atoms with E-state index in [0.717, 1.165) is 0 Å². The van der Waals surface area contributed by atoms with Crippen LogP contribution in [0.4, 0.5) is 4.79 Å². The standard InChI is InChI=1S/C11H17NO5/c1-2-5-17-11(15)12-9(10(13)14)8-3-6-16-7-4-8/h2,8-9H,1,3-7H2,(H,12,15)(H,13,14). The van der Waals surface area contributed by atoms with E-state index in [0.29, 0.717) is 26.1 Å². The van der Waals surface area contributed by atoms with Crippen molar-refractivity contribution in [1.29, 1.82) is 0 Å². The van der Waals surface area contributed by atoms with E-state index in [2.05, 4.69) is 11.9 Å². The second kappa shape index (κ2) is 6.90.